The summed E-state index contributed by atoms with van der Waals surface area (Å²) in [7, 11) is 1.68. The van der Waals surface area contributed by atoms with Gasteiger partial charge in [-0.05, 0) is 54.8 Å². The van der Waals surface area contributed by atoms with E-state index in [-0.39, 0.29) is 17.9 Å². The van der Waals surface area contributed by atoms with E-state index in [9.17, 15) is 4.79 Å². The van der Waals surface area contributed by atoms with Gasteiger partial charge >= 0.3 is 0 Å². The van der Waals surface area contributed by atoms with Crippen LogP contribution in [0.2, 0.25) is 0 Å². The van der Waals surface area contributed by atoms with Crippen LogP contribution in [-0.2, 0) is 4.79 Å². The molecule has 0 aliphatic carbocycles. The molecular weight excluding hydrogens is 384 g/mol. The first-order chi connectivity index (χ1) is 15.3. The molecule has 1 heterocycles. The van der Waals surface area contributed by atoms with E-state index in [1.54, 1.807) is 7.11 Å². The summed E-state index contributed by atoms with van der Waals surface area (Å²) in [4.78, 5) is 15.9. The van der Waals surface area contributed by atoms with Gasteiger partial charge in [0.05, 0.1) is 19.1 Å². The Balaban J connectivity index is 1.55. The van der Waals surface area contributed by atoms with Crippen molar-refractivity contribution in [3.8, 4) is 5.75 Å². The first kappa shape index (κ1) is 21.1. The highest BCUT2D eigenvalue weighted by molar-refractivity contribution is 5.87. The van der Waals surface area contributed by atoms with Gasteiger partial charge in [0, 0.05) is 6.54 Å². The molecule has 4 rings (SSSR count). The fraction of sp³-hybridized carbons (Fsp3) is 0.296. The number of rotatable bonds is 8. The maximum absolute atomic E-state index is 13.4. The lowest BCUT2D eigenvalue weighted by Gasteiger charge is -2.29. The van der Waals surface area contributed by atoms with Crippen molar-refractivity contribution in [1.29, 1.82) is 0 Å². The predicted octanol–water partition coefficient (Wildman–Crippen LogP) is 4.78. The molecule has 1 aliphatic heterocycles. The van der Waals surface area contributed by atoms with Crippen molar-refractivity contribution in [2.75, 3.05) is 26.7 Å². The smallest absolute Gasteiger partial charge is 0.232 e. The highest BCUT2D eigenvalue weighted by Crippen LogP contribution is 2.28. The molecule has 1 amide bonds. The van der Waals surface area contributed by atoms with Crippen LogP contribution in [0.3, 0.4) is 0 Å². The molecule has 0 bridgehead atoms. The Kier molecular flexibility index (Phi) is 7.00. The zero-order valence-corrected chi connectivity index (χ0v) is 18.0. The second-order valence-corrected chi connectivity index (χ2v) is 8.03. The van der Waals surface area contributed by atoms with Crippen LogP contribution in [-0.4, -0.2) is 37.6 Å². The standard InChI is InChI=1S/C27H30N2O2/c1-31-24-16-14-21(15-17-24)25(29-18-8-9-19-29)20-28-27(30)26(22-10-4-2-5-11-22)23-12-6-3-7-13-23/h2-7,10-17,25-26H,8-9,18-20H2,1H3,(H,28,30). The number of likely N-dealkylation sites (tertiary alicyclic amines) is 1. The number of nitrogens with zero attached hydrogens (tertiary/aromatic N) is 1. The third-order valence-corrected chi connectivity index (χ3v) is 6.08. The molecule has 3 aromatic carbocycles. The first-order valence-corrected chi connectivity index (χ1v) is 11.0. The molecule has 4 nitrogen and oxygen atoms in total. The zero-order valence-electron chi connectivity index (χ0n) is 18.0. The molecular formula is C27H30N2O2. The molecule has 0 radical (unpaired) electrons. The number of methoxy groups -OCH3 is 1. The van der Waals surface area contributed by atoms with E-state index in [0.717, 1.165) is 30.0 Å². The summed E-state index contributed by atoms with van der Waals surface area (Å²) in [6.07, 6.45) is 2.41. The third-order valence-electron chi connectivity index (χ3n) is 6.08. The second-order valence-electron chi connectivity index (χ2n) is 8.03. The number of benzene rings is 3. The predicted molar refractivity (Wildman–Crippen MR) is 124 cm³/mol. The van der Waals surface area contributed by atoms with Gasteiger partial charge in [0.25, 0.3) is 0 Å². The first-order valence-electron chi connectivity index (χ1n) is 11.0. The minimum atomic E-state index is -0.322. The molecule has 1 N–H and O–H groups in total. The number of carbonyl (C=O) groups excluding carboxylic acids is 1. The van der Waals surface area contributed by atoms with Gasteiger partial charge in [0.2, 0.25) is 5.91 Å². The van der Waals surface area contributed by atoms with Crippen LogP contribution in [0.5, 0.6) is 5.75 Å². The number of carbonyl (C=O) groups is 1. The second kappa shape index (κ2) is 10.3. The van der Waals surface area contributed by atoms with E-state index in [1.807, 2.05) is 72.8 Å². The Morgan fingerprint density at radius 2 is 1.39 bits per heavy atom. The molecule has 0 aromatic heterocycles. The summed E-state index contributed by atoms with van der Waals surface area (Å²) in [6, 6.07) is 28.4. The highest BCUT2D eigenvalue weighted by atomic mass is 16.5. The largest absolute Gasteiger partial charge is 0.497 e. The number of nitrogens with one attached hydrogen (secondary N) is 1. The Morgan fingerprint density at radius 1 is 0.839 bits per heavy atom. The van der Waals surface area contributed by atoms with Crippen molar-refractivity contribution >= 4 is 5.91 Å². The van der Waals surface area contributed by atoms with Crippen molar-refractivity contribution in [3.63, 3.8) is 0 Å². The van der Waals surface area contributed by atoms with Crippen LogP contribution in [0, 0.1) is 0 Å². The molecule has 4 heteroatoms. The lowest BCUT2D eigenvalue weighted by molar-refractivity contribution is -0.121. The lowest BCUT2D eigenvalue weighted by Crippen LogP contribution is -2.39. The van der Waals surface area contributed by atoms with Gasteiger partial charge < -0.3 is 10.1 Å². The molecule has 1 fully saturated rings. The van der Waals surface area contributed by atoms with E-state index < -0.39 is 0 Å². The van der Waals surface area contributed by atoms with E-state index in [2.05, 4.69) is 22.3 Å². The minimum absolute atomic E-state index is 0.0371. The van der Waals surface area contributed by atoms with Crippen molar-refractivity contribution in [2.45, 2.75) is 24.8 Å². The molecule has 1 saturated heterocycles. The maximum atomic E-state index is 13.4. The summed E-state index contributed by atoms with van der Waals surface area (Å²) >= 11 is 0. The van der Waals surface area contributed by atoms with Crippen molar-refractivity contribution in [3.05, 3.63) is 102 Å². The fourth-order valence-corrected chi connectivity index (χ4v) is 4.42. The quantitative estimate of drug-likeness (QED) is 0.577. The number of amides is 1. The van der Waals surface area contributed by atoms with Crippen molar-refractivity contribution in [2.24, 2.45) is 0 Å². The summed E-state index contributed by atoms with van der Waals surface area (Å²) < 4.78 is 5.32. The van der Waals surface area contributed by atoms with E-state index >= 15 is 0 Å². The molecule has 1 aliphatic rings. The average Bonchev–Trinajstić information content (AvgIpc) is 3.36. The van der Waals surface area contributed by atoms with E-state index in [0.29, 0.717) is 6.54 Å². The van der Waals surface area contributed by atoms with Crippen LogP contribution < -0.4 is 10.1 Å². The van der Waals surface area contributed by atoms with Gasteiger partial charge in [-0.3, -0.25) is 9.69 Å². The van der Waals surface area contributed by atoms with Gasteiger partial charge in [-0.1, -0.05) is 72.8 Å². The van der Waals surface area contributed by atoms with Crippen LogP contribution in [0.25, 0.3) is 0 Å². The normalized spacial score (nSPS) is 15.0. The Morgan fingerprint density at radius 3 is 1.90 bits per heavy atom. The molecule has 1 unspecified atom stereocenters. The number of hydrogen-bond donors (Lipinski definition) is 1. The van der Waals surface area contributed by atoms with Gasteiger partial charge in [-0.2, -0.15) is 0 Å². The van der Waals surface area contributed by atoms with Crippen LogP contribution in [0.15, 0.2) is 84.9 Å². The van der Waals surface area contributed by atoms with Gasteiger partial charge in [-0.15, -0.1) is 0 Å². The summed E-state index contributed by atoms with van der Waals surface area (Å²) in [6.45, 7) is 2.71. The van der Waals surface area contributed by atoms with Gasteiger partial charge in [-0.25, -0.2) is 0 Å². The minimum Gasteiger partial charge on any atom is -0.497 e. The molecule has 3 aromatic rings. The topological polar surface area (TPSA) is 41.6 Å². The number of hydrogen-bond acceptors (Lipinski definition) is 3. The monoisotopic (exact) mass is 414 g/mol. The molecule has 0 saturated carbocycles. The van der Waals surface area contributed by atoms with E-state index in [4.69, 9.17) is 4.74 Å². The maximum Gasteiger partial charge on any atom is 0.232 e. The third kappa shape index (κ3) is 5.15. The van der Waals surface area contributed by atoms with Crippen LogP contribution >= 0.6 is 0 Å². The lowest BCUT2D eigenvalue weighted by atomic mass is 9.90. The van der Waals surface area contributed by atoms with Gasteiger partial charge in [0.1, 0.15) is 5.75 Å². The zero-order chi connectivity index (χ0) is 21.5. The van der Waals surface area contributed by atoms with Gasteiger partial charge in [0.15, 0.2) is 0 Å². The Labute approximate surface area is 184 Å². The van der Waals surface area contributed by atoms with Crippen molar-refractivity contribution in [1.82, 2.24) is 10.2 Å². The van der Waals surface area contributed by atoms with Crippen molar-refractivity contribution < 1.29 is 9.53 Å². The van der Waals surface area contributed by atoms with Crippen LogP contribution in [0.1, 0.15) is 41.5 Å². The summed E-state index contributed by atoms with van der Waals surface area (Å²) in [5.74, 6) is 0.564. The van der Waals surface area contributed by atoms with E-state index in [1.165, 1.54) is 18.4 Å². The molecule has 0 spiro atoms. The molecule has 1 atom stereocenters. The fourth-order valence-electron chi connectivity index (χ4n) is 4.42. The van der Waals surface area contributed by atoms with Crippen LogP contribution in [0.4, 0.5) is 0 Å². The summed E-state index contributed by atoms with van der Waals surface area (Å²) in [5.41, 5.74) is 3.22. The number of ether oxygens (including phenoxy) is 1. The Bertz CT molecular complexity index is 912. The summed E-state index contributed by atoms with van der Waals surface area (Å²) in [5, 5.41) is 3.27. The average molecular weight is 415 g/mol. The Hall–Kier alpha value is -3.11. The molecule has 31 heavy (non-hydrogen) atoms. The SMILES string of the molecule is COc1ccc(C(CNC(=O)C(c2ccccc2)c2ccccc2)N2CCCC2)cc1. The molecule has 160 valence electrons. The highest BCUT2D eigenvalue weighted by Gasteiger charge is 2.27.